The minimum atomic E-state index is -1.16. The number of carboxylic acid groups (broad SMARTS) is 1. The van der Waals surface area contributed by atoms with E-state index in [1.807, 2.05) is 0 Å². The van der Waals surface area contributed by atoms with E-state index >= 15 is 0 Å². The largest absolute Gasteiger partial charge is 0.476 e. The number of amides is 1. The lowest BCUT2D eigenvalue weighted by Gasteiger charge is -2.00. The Morgan fingerprint density at radius 2 is 2.29 bits per heavy atom. The van der Waals surface area contributed by atoms with Gasteiger partial charge in [-0.3, -0.25) is 10.1 Å². The fourth-order valence-electron chi connectivity index (χ4n) is 1.05. The van der Waals surface area contributed by atoms with E-state index in [0.717, 1.165) is 11.3 Å². The van der Waals surface area contributed by atoms with Gasteiger partial charge in [0.25, 0.3) is 5.91 Å². The van der Waals surface area contributed by atoms with E-state index in [2.05, 4.69) is 20.4 Å². The van der Waals surface area contributed by atoms with Crippen LogP contribution in [0.5, 0.6) is 0 Å². The number of carbonyl (C=O) groups is 2. The predicted molar refractivity (Wildman–Crippen MR) is 58.0 cm³/mol. The maximum absolute atomic E-state index is 11.7. The van der Waals surface area contributed by atoms with Crippen molar-refractivity contribution in [3.63, 3.8) is 0 Å². The lowest BCUT2D eigenvalue weighted by molar-refractivity contribution is 0.0696. The molecule has 17 heavy (non-hydrogen) atoms. The molecule has 0 aliphatic heterocycles. The van der Waals surface area contributed by atoms with Gasteiger partial charge in [-0.15, -0.1) is 11.3 Å². The van der Waals surface area contributed by atoms with Crippen LogP contribution in [-0.2, 0) is 7.05 Å². The Morgan fingerprint density at radius 1 is 1.53 bits per heavy atom. The van der Waals surface area contributed by atoms with Crippen LogP contribution in [0.3, 0.4) is 0 Å². The predicted octanol–water partition coefficient (Wildman–Crippen LogP) is 0.222. The van der Waals surface area contributed by atoms with E-state index in [1.165, 1.54) is 16.4 Å². The molecule has 0 aromatic carbocycles. The minimum Gasteiger partial charge on any atom is -0.476 e. The Hall–Kier alpha value is -2.29. The van der Waals surface area contributed by atoms with E-state index in [-0.39, 0.29) is 16.6 Å². The molecule has 0 bridgehead atoms. The Morgan fingerprint density at radius 3 is 2.82 bits per heavy atom. The molecule has 0 aliphatic carbocycles. The zero-order valence-corrected chi connectivity index (χ0v) is 9.43. The zero-order valence-electron chi connectivity index (χ0n) is 8.62. The first-order valence-electron chi connectivity index (χ1n) is 4.42. The number of aromatic carboxylic acids is 1. The number of carboxylic acids is 1. The van der Waals surface area contributed by atoms with E-state index in [9.17, 15) is 9.59 Å². The number of nitrogens with one attached hydrogen (secondary N) is 1. The first kappa shape index (κ1) is 11.2. The zero-order chi connectivity index (χ0) is 12.4. The summed E-state index contributed by atoms with van der Waals surface area (Å²) in [7, 11) is 1.62. The van der Waals surface area contributed by atoms with Gasteiger partial charge in [-0.1, -0.05) is 0 Å². The third kappa shape index (κ3) is 2.28. The van der Waals surface area contributed by atoms with Gasteiger partial charge >= 0.3 is 5.97 Å². The molecule has 0 saturated carbocycles. The minimum absolute atomic E-state index is 0.0374. The van der Waals surface area contributed by atoms with Gasteiger partial charge in [0.2, 0.25) is 11.0 Å². The van der Waals surface area contributed by atoms with Crippen LogP contribution < -0.4 is 5.32 Å². The number of aromatic nitrogens is 4. The maximum Gasteiger partial charge on any atom is 0.365 e. The van der Waals surface area contributed by atoms with Crippen LogP contribution in [0.25, 0.3) is 0 Å². The number of nitrogens with zero attached hydrogens (tertiary/aromatic N) is 4. The normalized spacial score (nSPS) is 10.2. The summed E-state index contributed by atoms with van der Waals surface area (Å²) < 4.78 is 1.38. The summed E-state index contributed by atoms with van der Waals surface area (Å²) in [5, 5.41) is 16.1. The first-order valence-corrected chi connectivity index (χ1v) is 5.30. The van der Waals surface area contributed by atoms with E-state index in [1.54, 1.807) is 7.05 Å². The maximum atomic E-state index is 11.7. The Balaban J connectivity index is 2.15. The summed E-state index contributed by atoms with van der Waals surface area (Å²) >= 11 is 0.888. The van der Waals surface area contributed by atoms with Crippen LogP contribution in [0.15, 0.2) is 11.7 Å². The second-order valence-electron chi connectivity index (χ2n) is 3.00. The topological polar surface area (TPSA) is 110 Å². The average Bonchev–Trinajstić information content (AvgIpc) is 2.88. The summed E-state index contributed by atoms with van der Waals surface area (Å²) in [6.07, 6.45) is 1.29. The van der Waals surface area contributed by atoms with Gasteiger partial charge in [-0.05, 0) is 0 Å². The molecular formula is C8H7N5O3S. The van der Waals surface area contributed by atoms with Crippen molar-refractivity contribution in [3.05, 3.63) is 22.4 Å². The summed E-state index contributed by atoms with van der Waals surface area (Å²) in [6.45, 7) is 0. The smallest absolute Gasteiger partial charge is 0.365 e. The quantitative estimate of drug-likeness (QED) is 0.809. The summed E-state index contributed by atoms with van der Waals surface area (Å²) in [5.41, 5.74) is 0.0374. The molecule has 8 nitrogen and oxygen atoms in total. The fourth-order valence-corrected chi connectivity index (χ4v) is 1.69. The van der Waals surface area contributed by atoms with Gasteiger partial charge in [0.1, 0.15) is 12.0 Å². The van der Waals surface area contributed by atoms with Crippen molar-refractivity contribution in [1.82, 2.24) is 19.7 Å². The number of carbonyl (C=O) groups excluding carboxylic acids is 1. The number of hydrogen-bond acceptors (Lipinski definition) is 6. The van der Waals surface area contributed by atoms with Gasteiger partial charge in [-0.25, -0.2) is 14.5 Å². The molecule has 0 spiro atoms. The standard InChI is InChI=1S/C8H7N5O3S/c1-13-8(9-3-10-13)12-5(14)4-2-17-6(11-4)7(15)16/h2-3H,1H3,(H,15,16)(H,9,10,12,14). The third-order valence-electron chi connectivity index (χ3n) is 1.86. The molecule has 0 radical (unpaired) electrons. The van der Waals surface area contributed by atoms with Gasteiger partial charge in [0, 0.05) is 12.4 Å². The molecule has 0 fully saturated rings. The monoisotopic (exact) mass is 253 g/mol. The Labute approximate surface area is 98.9 Å². The van der Waals surface area contributed by atoms with Crippen molar-refractivity contribution in [2.24, 2.45) is 7.05 Å². The van der Waals surface area contributed by atoms with Crippen molar-refractivity contribution >= 4 is 29.2 Å². The molecule has 2 aromatic heterocycles. The number of thiazole rings is 1. The molecule has 2 N–H and O–H groups in total. The molecular weight excluding hydrogens is 246 g/mol. The molecule has 2 rings (SSSR count). The highest BCUT2D eigenvalue weighted by atomic mass is 32.1. The molecule has 0 unspecified atom stereocenters. The Bertz CT molecular complexity index is 575. The second kappa shape index (κ2) is 4.29. The summed E-state index contributed by atoms with van der Waals surface area (Å²) in [4.78, 5) is 29.7. The second-order valence-corrected chi connectivity index (χ2v) is 3.86. The lowest BCUT2D eigenvalue weighted by atomic mass is 10.4. The first-order chi connectivity index (χ1) is 8.08. The third-order valence-corrected chi connectivity index (χ3v) is 2.69. The van der Waals surface area contributed by atoms with Crippen molar-refractivity contribution in [1.29, 1.82) is 0 Å². The number of rotatable bonds is 3. The number of anilines is 1. The van der Waals surface area contributed by atoms with Crippen molar-refractivity contribution < 1.29 is 14.7 Å². The van der Waals surface area contributed by atoms with Crippen LogP contribution >= 0.6 is 11.3 Å². The van der Waals surface area contributed by atoms with Gasteiger partial charge in [0.05, 0.1) is 0 Å². The fraction of sp³-hybridized carbons (Fsp3) is 0.125. The average molecular weight is 253 g/mol. The van der Waals surface area contributed by atoms with E-state index in [0.29, 0.717) is 0 Å². The molecule has 1 amide bonds. The van der Waals surface area contributed by atoms with Crippen molar-refractivity contribution in [2.75, 3.05) is 5.32 Å². The highest BCUT2D eigenvalue weighted by Crippen LogP contribution is 2.11. The van der Waals surface area contributed by atoms with Crippen LogP contribution in [0, 0.1) is 0 Å². The molecule has 88 valence electrons. The Kier molecular flexibility index (Phi) is 2.83. The van der Waals surface area contributed by atoms with E-state index in [4.69, 9.17) is 5.11 Å². The number of aryl methyl sites for hydroxylation is 1. The highest BCUT2D eigenvalue weighted by Gasteiger charge is 2.15. The summed E-state index contributed by atoms with van der Waals surface area (Å²) in [6, 6.07) is 0. The molecule has 2 heterocycles. The van der Waals surface area contributed by atoms with Crippen LogP contribution in [-0.4, -0.2) is 36.7 Å². The molecule has 2 aromatic rings. The number of hydrogen-bond donors (Lipinski definition) is 2. The molecule has 0 aliphatic rings. The van der Waals surface area contributed by atoms with Crippen LogP contribution in [0.4, 0.5) is 5.95 Å². The van der Waals surface area contributed by atoms with Gasteiger partial charge in [0.15, 0.2) is 0 Å². The SMILES string of the molecule is Cn1ncnc1NC(=O)c1csc(C(=O)O)n1. The molecule has 0 saturated heterocycles. The van der Waals surface area contributed by atoms with Crippen molar-refractivity contribution in [2.45, 2.75) is 0 Å². The van der Waals surface area contributed by atoms with Gasteiger partial charge in [-0.2, -0.15) is 10.1 Å². The van der Waals surface area contributed by atoms with Crippen molar-refractivity contribution in [3.8, 4) is 0 Å². The summed E-state index contributed by atoms with van der Waals surface area (Å²) in [5.74, 6) is -1.42. The molecule has 0 atom stereocenters. The van der Waals surface area contributed by atoms with Gasteiger partial charge < -0.3 is 5.11 Å². The van der Waals surface area contributed by atoms with Crippen LogP contribution in [0.1, 0.15) is 20.3 Å². The highest BCUT2D eigenvalue weighted by molar-refractivity contribution is 7.11. The van der Waals surface area contributed by atoms with Crippen LogP contribution in [0.2, 0.25) is 0 Å². The molecule has 9 heteroatoms. The lowest BCUT2D eigenvalue weighted by Crippen LogP contribution is -2.16. The van der Waals surface area contributed by atoms with E-state index < -0.39 is 11.9 Å².